The van der Waals surface area contributed by atoms with Crippen LogP contribution in [0.15, 0.2) is 103 Å². The van der Waals surface area contributed by atoms with Crippen LogP contribution in [0.25, 0.3) is 11.1 Å². The first-order chi connectivity index (χ1) is 31.6. The van der Waals surface area contributed by atoms with E-state index in [9.17, 15) is 33.6 Å². The molecule has 7 amide bonds. The molecule has 0 fully saturated rings. The third kappa shape index (κ3) is 10.8. The number of fused-ring (bicyclic) bond motifs is 3. The minimum Gasteiger partial charge on any atom is -0.496 e. The number of amides is 7. The first-order valence-corrected chi connectivity index (χ1v) is 20.6. The molecular formula is C48H49N7O11. The number of primary amides is 1. The zero-order valence-corrected chi connectivity index (χ0v) is 36.9. The van der Waals surface area contributed by atoms with E-state index in [-0.39, 0.29) is 63.5 Å². The van der Waals surface area contributed by atoms with E-state index in [0.717, 1.165) is 22.3 Å². The first-order valence-electron chi connectivity index (χ1n) is 20.6. The highest BCUT2D eigenvalue weighted by molar-refractivity contribution is 6.06. The van der Waals surface area contributed by atoms with Gasteiger partial charge in [-0.3, -0.25) is 28.8 Å². The molecule has 1 aliphatic rings. The maximum atomic E-state index is 13.5. The van der Waals surface area contributed by atoms with Gasteiger partial charge in [0, 0.05) is 23.0 Å². The second-order valence-electron chi connectivity index (χ2n) is 15.2. The predicted molar refractivity (Wildman–Crippen MR) is 245 cm³/mol. The maximum Gasteiger partial charge on any atom is 0.407 e. The van der Waals surface area contributed by atoms with Crippen LogP contribution >= 0.6 is 0 Å². The summed E-state index contributed by atoms with van der Waals surface area (Å²) in [6, 6.07) is 25.6. The summed E-state index contributed by atoms with van der Waals surface area (Å²) in [5, 5.41) is 15.7. The Hall–Kier alpha value is -8.41. The molecular weight excluding hydrogens is 851 g/mol. The van der Waals surface area contributed by atoms with E-state index >= 15 is 0 Å². The van der Waals surface area contributed by atoms with Crippen molar-refractivity contribution in [2.45, 2.75) is 44.8 Å². The molecule has 1 aliphatic carbocycles. The Morgan fingerprint density at radius 3 is 1.27 bits per heavy atom. The highest BCUT2D eigenvalue weighted by atomic mass is 16.5. The van der Waals surface area contributed by atoms with Gasteiger partial charge in [-0.15, -0.1) is 0 Å². The SMILES string of the molecule is COc1ccc(NC(=O)[C@H](C)NC(=O)c2cc(NC(=O)[C@H](C)NC(=O)c3cc(NC(=O)[C@H](C)NC(=O)OCC4c5ccccc5-c5ccccc54)ccc3OC)ccc2OC)cc1C(N)=O. The normalized spacial score (nSPS) is 12.7. The molecule has 0 heterocycles. The van der Waals surface area contributed by atoms with Gasteiger partial charge >= 0.3 is 6.09 Å². The molecule has 0 saturated heterocycles. The first kappa shape index (κ1) is 47.1. The van der Waals surface area contributed by atoms with E-state index in [4.69, 9.17) is 24.7 Å². The number of benzene rings is 5. The number of nitrogens with one attached hydrogen (secondary N) is 6. The van der Waals surface area contributed by atoms with E-state index in [1.807, 2.05) is 48.5 Å². The Bertz CT molecular complexity index is 2660. The van der Waals surface area contributed by atoms with Crippen LogP contribution in [0.5, 0.6) is 17.2 Å². The minimum atomic E-state index is -1.13. The van der Waals surface area contributed by atoms with E-state index in [2.05, 4.69) is 31.9 Å². The van der Waals surface area contributed by atoms with Crippen molar-refractivity contribution in [2.75, 3.05) is 43.9 Å². The monoisotopic (exact) mass is 899 g/mol. The van der Waals surface area contributed by atoms with Crippen LogP contribution in [-0.4, -0.2) is 87.6 Å². The summed E-state index contributed by atoms with van der Waals surface area (Å²) >= 11 is 0. The van der Waals surface area contributed by atoms with Gasteiger partial charge in [0.15, 0.2) is 0 Å². The smallest absolute Gasteiger partial charge is 0.407 e. The molecule has 0 spiro atoms. The highest BCUT2D eigenvalue weighted by Gasteiger charge is 2.30. The maximum absolute atomic E-state index is 13.5. The van der Waals surface area contributed by atoms with E-state index < -0.39 is 59.7 Å². The Kier molecular flexibility index (Phi) is 14.9. The van der Waals surface area contributed by atoms with Gasteiger partial charge in [-0.05, 0) is 97.6 Å². The number of rotatable bonds is 17. The highest BCUT2D eigenvalue weighted by Crippen LogP contribution is 2.44. The van der Waals surface area contributed by atoms with Crippen molar-refractivity contribution < 1.29 is 52.5 Å². The largest absolute Gasteiger partial charge is 0.496 e. The number of hydrogen-bond acceptors (Lipinski definition) is 11. The second kappa shape index (κ2) is 20.8. The van der Waals surface area contributed by atoms with Crippen molar-refractivity contribution in [3.05, 3.63) is 131 Å². The van der Waals surface area contributed by atoms with Gasteiger partial charge in [0.1, 0.15) is 42.0 Å². The number of ether oxygens (including phenoxy) is 4. The van der Waals surface area contributed by atoms with Gasteiger partial charge in [-0.2, -0.15) is 0 Å². The molecule has 0 bridgehead atoms. The van der Waals surface area contributed by atoms with Gasteiger partial charge < -0.3 is 56.6 Å². The minimum absolute atomic E-state index is 0.00559. The quantitative estimate of drug-likeness (QED) is 0.0639. The standard InChI is InChI=1S/C48H49N7O11/c1-25(43(57)53-28-15-18-39(63-4)35(21-28)42(49)56)50-46(60)36-22-29(16-19-40(36)64-5)54-44(58)26(2)51-47(61)37-23-30(17-20-41(37)65-6)55-45(59)27(3)52-48(62)66-24-38-33-13-9-7-11-31(33)32-12-8-10-14-34(32)38/h7-23,25-27,38H,24H2,1-6H3,(H2,49,56)(H,50,60)(H,51,61)(H,52,62)(H,53,57)(H,54,58)(H,55,59)/t25-,26-,27-/m0/s1. The summed E-state index contributed by atoms with van der Waals surface area (Å²) < 4.78 is 21.4. The van der Waals surface area contributed by atoms with Crippen molar-refractivity contribution in [1.29, 1.82) is 0 Å². The van der Waals surface area contributed by atoms with Crippen molar-refractivity contribution >= 4 is 58.6 Å². The molecule has 0 radical (unpaired) electrons. The van der Waals surface area contributed by atoms with Gasteiger partial charge in [0.2, 0.25) is 17.7 Å². The van der Waals surface area contributed by atoms with E-state index in [0.29, 0.717) is 0 Å². The molecule has 5 aromatic carbocycles. The second-order valence-corrected chi connectivity index (χ2v) is 15.2. The number of carbonyl (C=O) groups is 7. The lowest BCUT2D eigenvalue weighted by atomic mass is 9.98. The fourth-order valence-corrected chi connectivity index (χ4v) is 7.22. The molecule has 18 nitrogen and oxygen atoms in total. The third-order valence-electron chi connectivity index (χ3n) is 10.7. The van der Waals surface area contributed by atoms with Gasteiger partial charge in [-0.25, -0.2) is 4.79 Å². The Morgan fingerprint density at radius 1 is 0.515 bits per heavy atom. The van der Waals surface area contributed by atoms with Crippen LogP contribution in [-0.2, 0) is 19.1 Å². The van der Waals surface area contributed by atoms with Gasteiger partial charge in [0.05, 0.1) is 38.0 Å². The molecule has 18 heteroatoms. The summed E-state index contributed by atoms with van der Waals surface area (Å²) in [5.41, 5.74) is 10.3. The van der Waals surface area contributed by atoms with Crippen molar-refractivity contribution in [2.24, 2.45) is 5.73 Å². The molecule has 66 heavy (non-hydrogen) atoms. The summed E-state index contributed by atoms with van der Waals surface area (Å²) in [4.78, 5) is 91.1. The molecule has 0 aliphatic heterocycles. The number of anilines is 3. The third-order valence-corrected chi connectivity index (χ3v) is 10.7. The van der Waals surface area contributed by atoms with Crippen molar-refractivity contribution in [1.82, 2.24) is 16.0 Å². The predicted octanol–water partition coefficient (Wildman–Crippen LogP) is 5.19. The van der Waals surface area contributed by atoms with Crippen molar-refractivity contribution in [3.63, 3.8) is 0 Å². The fraction of sp³-hybridized carbons (Fsp3) is 0.229. The Morgan fingerprint density at radius 2 is 0.879 bits per heavy atom. The van der Waals surface area contributed by atoms with Crippen LogP contribution in [0.1, 0.15) is 68.9 Å². The zero-order chi connectivity index (χ0) is 47.7. The lowest BCUT2D eigenvalue weighted by Gasteiger charge is -2.19. The number of alkyl carbamates (subject to hydrolysis) is 1. The molecule has 8 N–H and O–H groups in total. The number of hydrogen-bond donors (Lipinski definition) is 7. The molecule has 6 rings (SSSR count). The zero-order valence-electron chi connectivity index (χ0n) is 36.9. The fourth-order valence-electron chi connectivity index (χ4n) is 7.22. The molecule has 0 aromatic heterocycles. The molecule has 342 valence electrons. The van der Waals surface area contributed by atoms with Gasteiger partial charge in [-0.1, -0.05) is 48.5 Å². The lowest BCUT2D eigenvalue weighted by Crippen LogP contribution is -2.42. The van der Waals surface area contributed by atoms with Crippen LogP contribution in [0.3, 0.4) is 0 Å². The van der Waals surface area contributed by atoms with Crippen LogP contribution in [0, 0.1) is 0 Å². The summed E-state index contributed by atoms with van der Waals surface area (Å²) in [6.45, 7) is 4.44. The Labute approximate surface area is 379 Å². The summed E-state index contributed by atoms with van der Waals surface area (Å²) in [6.07, 6.45) is -0.778. The molecule has 5 aromatic rings. The molecule has 3 atom stereocenters. The van der Waals surface area contributed by atoms with Crippen LogP contribution < -0.4 is 51.8 Å². The summed E-state index contributed by atoms with van der Waals surface area (Å²) in [7, 11) is 4.07. The number of carbonyl (C=O) groups excluding carboxylic acids is 7. The lowest BCUT2D eigenvalue weighted by molar-refractivity contribution is -0.118. The van der Waals surface area contributed by atoms with Crippen LogP contribution in [0.4, 0.5) is 21.9 Å². The van der Waals surface area contributed by atoms with Crippen LogP contribution in [0.2, 0.25) is 0 Å². The Balaban J connectivity index is 1.02. The average Bonchev–Trinajstić information content (AvgIpc) is 3.63. The number of nitrogens with two attached hydrogens (primary N) is 1. The molecule has 0 unspecified atom stereocenters. The number of methoxy groups -OCH3 is 3. The van der Waals surface area contributed by atoms with E-state index in [1.165, 1.54) is 96.7 Å². The summed E-state index contributed by atoms with van der Waals surface area (Å²) in [5.74, 6) is -3.68. The van der Waals surface area contributed by atoms with Crippen molar-refractivity contribution in [3.8, 4) is 28.4 Å². The van der Waals surface area contributed by atoms with Gasteiger partial charge in [0.25, 0.3) is 17.7 Å². The average molecular weight is 900 g/mol. The topological polar surface area (TPSA) is 255 Å². The van der Waals surface area contributed by atoms with E-state index in [1.54, 1.807) is 0 Å². The molecule has 0 saturated carbocycles.